The van der Waals surface area contributed by atoms with Crippen LogP contribution in [-0.2, 0) is 10.2 Å². The zero-order valence-corrected chi connectivity index (χ0v) is 12.1. The maximum absolute atomic E-state index is 13.5. The monoisotopic (exact) mass is 303 g/mol. The van der Waals surface area contributed by atoms with Crippen LogP contribution in [0.15, 0.2) is 47.1 Å². The minimum atomic E-state index is -0.706. The molecule has 1 aliphatic carbocycles. The van der Waals surface area contributed by atoms with Gasteiger partial charge in [-0.15, -0.1) is 0 Å². The van der Waals surface area contributed by atoms with E-state index in [-0.39, 0.29) is 18.3 Å². The van der Waals surface area contributed by atoms with E-state index in [4.69, 9.17) is 4.42 Å². The summed E-state index contributed by atoms with van der Waals surface area (Å²) in [5.41, 5.74) is -0.0188. The van der Waals surface area contributed by atoms with Crippen molar-refractivity contribution in [3.8, 4) is 0 Å². The van der Waals surface area contributed by atoms with Crippen molar-refractivity contribution in [3.05, 3.63) is 59.8 Å². The quantitative estimate of drug-likeness (QED) is 0.892. The lowest BCUT2D eigenvalue weighted by Gasteiger charge is -2.41. The van der Waals surface area contributed by atoms with Gasteiger partial charge in [0.05, 0.1) is 18.3 Å². The number of carbonyl (C=O) groups excluding carboxylic acids is 1. The van der Waals surface area contributed by atoms with Crippen molar-refractivity contribution >= 4 is 5.91 Å². The number of amides is 1. The van der Waals surface area contributed by atoms with Gasteiger partial charge in [-0.25, -0.2) is 4.39 Å². The van der Waals surface area contributed by atoms with Crippen molar-refractivity contribution in [1.29, 1.82) is 0 Å². The molecule has 3 rings (SSSR count). The van der Waals surface area contributed by atoms with Gasteiger partial charge in [0.1, 0.15) is 17.6 Å². The molecule has 1 atom stereocenters. The first-order valence-corrected chi connectivity index (χ1v) is 7.37. The van der Waals surface area contributed by atoms with Crippen molar-refractivity contribution < 1.29 is 18.7 Å². The Balaban J connectivity index is 1.83. The second-order valence-electron chi connectivity index (χ2n) is 5.67. The lowest BCUT2D eigenvalue weighted by molar-refractivity contribution is -0.131. The van der Waals surface area contributed by atoms with Gasteiger partial charge in [-0.05, 0) is 42.7 Å². The molecule has 116 valence electrons. The third kappa shape index (κ3) is 2.52. The number of benzene rings is 1. The Morgan fingerprint density at radius 2 is 2.18 bits per heavy atom. The third-order valence-corrected chi connectivity index (χ3v) is 4.39. The van der Waals surface area contributed by atoms with Crippen molar-refractivity contribution in [2.24, 2.45) is 0 Å². The molecule has 0 saturated heterocycles. The number of hydrogen-bond donors (Lipinski definition) is 2. The SMILES string of the molecule is O=C(NC(CO)c1ccco1)C1(c2cccc(F)c2)CCC1. The molecular formula is C17H18FNO3. The number of nitrogens with one attached hydrogen (secondary N) is 1. The number of carbonyl (C=O) groups is 1. The second kappa shape index (κ2) is 5.93. The highest BCUT2D eigenvalue weighted by Gasteiger charge is 2.46. The molecule has 1 heterocycles. The van der Waals surface area contributed by atoms with E-state index in [1.807, 2.05) is 0 Å². The van der Waals surface area contributed by atoms with E-state index < -0.39 is 11.5 Å². The highest BCUT2D eigenvalue weighted by molar-refractivity contribution is 5.89. The van der Waals surface area contributed by atoms with Crippen LogP contribution >= 0.6 is 0 Å². The van der Waals surface area contributed by atoms with Crippen LogP contribution in [0.3, 0.4) is 0 Å². The number of rotatable bonds is 5. The van der Waals surface area contributed by atoms with Crippen LogP contribution < -0.4 is 5.32 Å². The molecule has 0 spiro atoms. The predicted octanol–water partition coefficient (Wildman–Crippen LogP) is 2.69. The van der Waals surface area contributed by atoms with Crippen LogP contribution in [0.1, 0.15) is 36.6 Å². The summed E-state index contributed by atoms with van der Waals surface area (Å²) in [6.45, 7) is -0.252. The molecule has 2 aromatic rings. The van der Waals surface area contributed by atoms with Gasteiger partial charge in [-0.3, -0.25) is 4.79 Å². The van der Waals surface area contributed by atoms with Crippen LogP contribution in [0.25, 0.3) is 0 Å². The Hall–Kier alpha value is -2.14. The smallest absolute Gasteiger partial charge is 0.231 e. The van der Waals surface area contributed by atoms with Gasteiger partial charge in [-0.1, -0.05) is 18.6 Å². The standard InChI is InChI=1S/C17H18FNO3/c18-13-5-1-4-12(10-13)17(7-3-8-17)16(21)19-14(11-20)15-6-2-9-22-15/h1-2,4-6,9-10,14,20H,3,7-8,11H2,(H,19,21). The molecule has 4 nitrogen and oxygen atoms in total. The summed E-state index contributed by atoms with van der Waals surface area (Å²) in [7, 11) is 0. The van der Waals surface area contributed by atoms with Gasteiger partial charge < -0.3 is 14.8 Å². The van der Waals surface area contributed by atoms with E-state index in [1.54, 1.807) is 24.3 Å². The van der Waals surface area contributed by atoms with Gasteiger partial charge in [-0.2, -0.15) is 0 Å². The molecule has 1 unspecified atom stereocenters. The molecule has 1 aromatic carbocycles. The molecule has 1 amide bonds. The van der Waals surface area contributed by atoms with Gasteiger partial charge >= 0.3 is 0 Å². The number of halogens is 1. The minimum absolute atomic E-state index is 0.195. The average Bonchev–Trinajstić information content (AvgIpc) is 2.97. The minimum Gasteiger partial charge on any atom is -0.467 e. The Bertz CT molecular complexity index is 650. The molecule has 5 heteroatoms. The summed E-state index contributed by atoms with van der Waals surface area (Å²) in [4.78, 5) is 12.7. The second-order valence-corrected chi connectivity index (χ2v) is 5.67. The van der Waals surface area contributed by atoms with Crippen molar-refractivity contribution in [1.82, 2.24) is 5.32 Å². The molecule has 1 aromatic heterocycles. The lowest BCUT2D eigenvalue weighted by atomic mass is 9.63. The first-order chi connectivity index (χ1) is 10.7. The molecule has 0 bridgehead atoms. The Kier molecular flexibility index (Phi) is 3.98. The Labute approximate surface area is 128 Å². The topological polar surface area (TPSA) is 62.5 Å². The van der Waals surface area contributed by atoms with Gasteiger partial charge in [0.25, 0.3) is 0 Å². The van der Waals surface area contributed by atoms with Crippen molar-refractivity contribution in [3.63, 3.8) is 0 Å². The highest BCUT2D eigenvalue weighted by Crippen LogP contribution is 2.44. The van der Waals surface area contributed by atoms with E-state index in [0.29, 0.717) is 24.2 Å². The highest BCUT2D eigenvalue weighted by atomic mass is 19.1. The van der Waals surface area contributed by atoms with Crippen LogP contribution in [-0.4, -0.2) is 17.6 Å². The number of aliphatic hydroxyl groups excluding tert-OH is 1. The summed E-state index contributed by atoms with van der Waals surface area (Å²) >= 11 is 0. The Morgan fingerprint density at radius 3 is 2.73 bits per heavy atom. The Morgan fingerprint density at radius 1 is 1.36 bits per heavy atom. The molecule has 1 saturated carbocycles. The van der Waals surface area contributed by atoms with E-state index in [2.05, 4.69) is 5.32 Å². The zero-order valence-electron chi connectivity index (χ0n) is 12.1. The zero-order chi connectivity index (χ0) is 15.6. The third-order valence-electron chi connectivity index (χ3n) is 4.39. The fourth-order valence-electron chi connectivity index (χ4n) is 2.96. The first kappa shape index (κ1) is 14.8. The van der Waals surface area contributed by atoms with Crippen molar-refractivity contribution in [2.75, 3.05) is 6.61 Å². The van der Waals surface area contributed by atoms with Gasteiger partial charge in [0.2, 0.25) is 5.91 Å². The summed E-state index contributed by atoms with van der Waals surface area (Å²) in [6.07, 6.45) is 3.78. The van der Waals surface area contributed by atoms with E-state index >= 15 is 0 Å². The molecule has 1 fully saturated rings. The van der Waals surface area contributed by atoms with Crippen LogP contribution in [0, 0.1) is 5.82 Å². The summed E-state index contributed by atoms with van der Waals surface area (Å²) in [6, 6.07) is 9.00. The fraction of sp³-hybridized carbons (Fsp3) is 0.353. The summed E-state index contributed by atoms with van der Waals surface area (Å²) < 4.78 is 18.7. The van der Waals surface area contributed by atoms with Gasteiger partial charge in [0, 0.05) is 0 Å². The first-order valence-electron chi connectivity index (χ1n) is 7.37. The number of furan rings is 1. The van der Waals surface area contributed by atoms with E-state index in [1.165, 1.54) is 18.4 Å². The maximum atomic E-state index is 13.5. The maximum Gasteiger partial charge on any atom is 0.231 e. The summed E-state index contributed by atoms with van der Waals surface area (Å²) in [5.74, 6) is -0.0364. The van der Waals surface area contributed by atoms with Crippen molar-refractivity contribution in [2.45, 2.75) is 30.7 Å². The molecular weight excluding hydrogens is 285 g/mol. The largest absolute Gasteiger partial charge is 0.467 e. The molecule has 0 aliphatic heterocycles. The van der Waals surface area contributed by atoms with Gasteiger partial charge in [0.15, 0.2) is 0 Å². The normalized spacial score (nSPS) is 17.5. The van der Waals surface area contributed by atoms with E-state index in [0.717, 1.165) is 6.42 Å². The van der Waals surface area contributed by atoms with Crippen LogP contribution in [0.4, 0.5) is 4.39 Å². The number of aliphatic hydroxyl groups is 1. The molecule has 22 heavy (non-hydrogen) atoms. The predicted molar refractivity (Wildman–Crippen MR) is 78.6 cm³/mol. The molecule has 1 aliphatic rings. The molecule has 0 radical (unpaired) electrons. The van der Waals surface area contributed by atoms with E-state index in [9.17, 15) is 14.3 Å². The lowest BCUT2D eigenvalue weighted by Crippen LogP contribution is -2.50. The fourth-order valence-corrected chi connectivity index (χ4v) is 2.96. The number of hydrogen-bond acceptors (Lipinski definition) is 3. The molecule has 2 N–H and O–H groups in total. The average molecular weight is 303 g/mol. The van der Waals surface area contributed by atoms with Crippen LogP contribution in [0.5, 0.6) is 0 Å². The summed E-state index contributed by atoms with van der Waals surface area (Å²) in [5, 5.41) is 12.3. The van der Waals surface area contributed by atoms with Crippen LogP contribution in [0.2, 0.25) is 0 Å².